The number of nitrogens with zero attached hydrogens (tertiary/aromatic N) is 4. The summed E-state index contributed by atoms with van der Waals surface area (Å²) in [6.45, 7) is 2.52. The number of piperidine rings is 1. The number of nitriles is 1. The maximum absolute atomic E-state index is 12.7. The van der Waals surface area contributed by atoms with Gasteiger partial charge in [-0.25, -0.2) is 0 Å². The smallest absolute Gasteiger partial charge is 0.255 e. The average Bonchev–Trinajstić information content (AvgIpc) is 2.72. The number of carbonyl (C=O) groups excluding carboxylic acids is 2. The van der Waals surface area contributed by atoms with Crippen molar-refractivity contribution in [2.75, 3.05) is 26.2 Å². The van der Waals surface area contributed by atoms with Crippen LogP contribution < -0.4 is 0 Å². The minimum atomic E-state index is -0.155. The molecule has 154 valence electrons. The number of phenols is 1. The van der Waals surface area contributed by atoms with Crippen molar-refractivity contribution in [2.45, 2.75) is 12.8 Å². The molecular formula is C22H22N4O4. The molecule has 0 saturated carbocycles. The SMILES string of the molecule is N#Cc1cc(C(=O)N2CC(C3CCCN(C(=O)c4cncc(O)c4)C3)C2)ccc1O. The number of aromatic nitrogens is 1. The Hall–Kier alpha value is -3.60. The van der Waals surface area contributed by atoms with Crippen molar-refractivity contribution in [1.82, 2.24) is 14.8 Å². The zero-order valence-electron chi connectivity index (χ0n) is 16.4. The number of benzene rings is 1. The van der Waals surface area contributed by atoms with Crippen molar-refractivity contribution in [3.63, 3.8) is 0 Å². The fourth-order valence-corrected chi connectivity index (χ4v) is 4.22. The quantitative estimate of drug-likeness (QED) is 0.805. The molecule has 1 aromatic heterocycles. The molecule has 1 atom stereocenters. The highest BCUT2D eigenvalue weighted by molar-refractivity contribution is 5.95. The molecule has 2 saturated heterocycles. The van der Waals surface area contributed by atoms with Gasteiger partial charge in [-0.1, -0.05) is 0 Å². The van der Waals surface area contributed by atoms with Crippen LogP contribution in [-0.2, 0) is 0 Å². The Morgan fingerprint density at radius 1 is 1.00 bits per heavy atom. The summed E-state index contributed by atoms with van der Waals surface area (Å²) in [4.78, 5) is 32.8. The highest BCUT2D eigenvalue weighted by atomic mass is 16.3. The molecule has 0 spiro atoms. The minimum Gasteiger partial charge on any atom is -0.507 e. The number of aromatic hydroxyl groups is 2. The molecule has 2 amide bonds. The monoisotopic (exact) mass is 406 g/mol. The van der Waals surface area contributed by atoms with Crippen LogP contribution in [0.5, 0.6) is 11.5 Å². The lowest BCUT2D eigenvalue weighted by atomic mass is 9.80. The summed E-state index contributed by atoms with van der Waals surface area (Å²) in [5, 5.41) is 28.2. The third kappa shape index (κ3) is 3.79. The largest absolute Gasteiger partial charge is 0.507 e. The van der Waals surface area contributed by atoms with Crippen LogP contribution >= 0.6 is 0 Å². The molecule has 30 heavy (non-hydrogen) atoms. The van der Waals surface area contributed by atoms with Crippen LogP contribution in [-0.4, -0.2) is 63.0 Å². The average molecular weight is 406 g/mol. The van der Waals surface area contributed by atoms with Gasteiger partial charge in [-0.15, -0.1) is 0 Å². The van der Waals surface area contributed by atoms with Crippen LogP contribution in [0.4, 0.5) is 0 Å². The molecule has 8 heteroatoms. The zero-order chi connectivity index (χ0) is 21.3. The number of likely N-dealkylation sites (tertiary alicyclic amines) is 2. The molecule has 0 aliphatic carbocycles. The van der Waals surface area contributed by atoms with Crippen LogP contribution in [0, 0.1) is 23.2 Å². The molecule has 2 fully saturated rings. The lowest BCUT2D eigenvalue weighted by Crippen LogP contribution is -2.55. The second kappa shape index (κ2) is 8.03. The van der Waals surface area contributed by atoms with Crippen molar-refractivity contribution in [3.05, 3.63) is 53.3 Å². The van der Waals surface area contributed by atoms with E-state index in [0.29, 0.717) is 49.1 Å². The van der Waals surface area contributed by atoms with Crippen molar-refractivity contribution >= 4 is 11.8 Å². The molecule has 1 aromatic carbocycles. The van der Waals surface area contributed by atoms with E-state index in [0.717, 1.165) is 12.8 Å². The third-order valence-corrected chi connectivity index (χ3v) is 5.94. The lowest BCUT2D eigenvalue weighted by Gasteiger charge is -2.46. The first kappa shape index (κ1) is 19.7. The number of amides is 2. The summed E-state index contributed by atoms with van der Waals surface area (Å²) < 4.78 is 0. The summed E-state index contributed by atoms with van der Waals surface area (Å²) in [5.74, 6) is 0.174. The molecule has 2 aliphatic rings. The van der Waals surface area contributed by atoms with Crippen LogP contribution in [0.3, 0.4) is 0 Å². The summed E-state index contributed by atoms with van der Waals surface area (Å²) >= 11 is 0. The molecule has 0 bridgehead atoms. The van der Waals surface area contributed by atoms with Gasteiger partial charge in [-0.2, -0.15) is 5.26 Å². The first-order chi connectivity index (χ1) is 14.5. The van der Waals surface area contributed by atoms with E-state index in [9.17, 15) is 19.8 Å². The Bertz CT molecular complexity index is 1030. The fourth-order valence-electron chi connectivity index (χ4n) is 4.22. The Kier molecular flexibility index (Phi) is 5.27. The van der Waals surface area contributed by atoms with E-state index in [2.05, 4.69) is 4.98 Å². The van der Waals surface area contributed by atoms with Gasteiger partial charge in [-0.05, 0) is 48.9 Å². The number of pyridine rings is 1. The van der Waals surface area contributed by atoms with Gasteiger partial charge < -0.3 is 20.0 Å². The minimum absolute atomic E-state index is 0.0312. The predicted molar refractivity (Wildman–Crippen MR) is 107 cm³/mol. The zero-order valence-corrected chi connectivity index (χ0v) is 16.4. The number of carbonyl (C=O) groups is 2. The van der Waals surface area contributed by atoms with Crippen molar-refractivity contribution in [2.24, 2.45) is 11.8 Å². The van der Waals surface area contributed by atoms with E-state index >= 15 is 0 Å². The summed E-state index contributed by atoms with van der Waals surface area (Å²) in [7, 11) is 0. The van der Waals surface area contributed by atoms with E-state index in [1.165, 1.54) is 36.7 Å². The first-order valence-corrected chi connectivity index (χ1v) is 9.92. The molecule has 4 rings (SSSR count). The van der Waals surface area contributed by atoms with Crippen molar-refractivity contribution in [3.8, 4) is 17.6 Å². The van der Waals surface area contributed by atoms with Gasteiger partial charge in [0.15, 0.2) is 0 Å². The van der Waals surface area contributed by atoms with E-state index in [-0.39, 0.29) is 28.9 Å². The Labute approximate surface area is 174 Å². The van der Waals surface area contributed by atoms with Gasteiger partial charge in [0.05, 0.1) is 17.3 Å². The van der Waals surface area contributed by atoms with E-state index in [1.807, 2.05) is 6.07 Å². The Morgan fingerprint density at radius 3 is 2.47 bits per heavy atom. The van der Waals surface area contributed by atoms with Gasteiger partial charge >= 0.3 is 0 Å². The van der Waals surface area contributed by atoms with Crippen LogP contribution in [0.15, 0.2) is 36.7 Å². The van der Waals surface area contributed by atoms with E-state index in [4.69, 9.17) is 5.26 Å². The highest BCUT2D eigenvalue weighted by Crippen LogP contribution is 2.32. The van der Waals surface area contributed by atoms with Gasteiger partial charge in [0.25, 0.3) is 11.8 Å². The second-order valence-electron chi connectivity index (χ2n) is 7.90. The predicted octanol–water partition coefficient (Wildman–Crippen LogP) is 1.99. The van der Waals surface area contributed by atoms with Crippen molar-refractivity contribution in [1.29, 1.82) is 5.26 Å². The molecule has 8 nitrogen and oxygen atoms in total. The van der Waals surface area contributed by atoms with Crippen LogP contribution in [0.1, 0.15) is 39.1 Å². The van der Waals surface area contributed by atoms with E-state index < -0.39 is 0 Å². The maximum Gasteiger partial charge on any atom is 0.255 e. The van der Waals surface area contributed by atoms with E-state index in [1.54, 1.807) is 9.80 Å². The number of phenolic OH excluding ortho intramolecular Hbond substituents is 1. The lowest BCUT2D eigenvalue weighted by molar-refractivity contribution is 0.0188. The second-order valence-corrected chi connectivity index (χ2v) is 7.90. The fraction of sp³-hybridized carbons (Fsp3) is 0.364. The molecule has 2 N–H and O–H groups in total. The van der Waals surface area contributed by atoms with Gasteiger partial charge in [0.2, 0.25) is 0 Å². The number of hydrogen-bond donors (Lipinski definition) is 2. The third-order valence-electron chi connectivity index (χ3n) is 5.94. The first-order valence-electron chi connectivity index (χ1n) is 9.92. The van der Waals surface area contributed by atoms with Gasteiger partial charge in [-0.3, -0.25) is 14.6 Å². The van der Waals surface area contributed by atoms with Crippen LogP contribution in [0.2, 0.25) is 0 Å². The Balaban J connectivity index is 1.36. The van der Waals surface area contributed by atoms with Crippen LogP contribution in [0.25, 0.3) is 0 Å². The molecule has 1 unspecified atom stereocenters. The number of rotatable bonds is 3. The number of hydrogen-bond acceptors (Lipinski definition) is 6. The molecule has 2 aliphatic heterocycles. The maximum atomic E-state index is 12.7. The van der Waals surface area contributed by atoms with Gasteiger partial charge in [0, 0.05) is 37.9 Å². The summed E-state index contributed by atoms with van der Waals surface area (Å²) in [6, 6.07) is 7.61. The summed E-state index contributed by atoms with van der Waals surface area (Å²) in [5.41, 5.74) is 0.849. The molecule has 3 heterocycles. The molecular weight excluding hydrogens is 384 g/mol. The normalized spacial score (nSPS) is 19.1. The molecule has 0 radical (unpaired) electrons. The topological polar surface area (TPSA) is 118 Å². The Morgan fingerprint density at radius 2 is 1.73 bits per heavy atom. The highest BCUT2D eigenvalue weighted by Gasteiger charge is 2.39. The van der Waals surface area contributed by atoms with Crippen molar-refractivity contribution < 1.29 is 19.8 Å². The molecule has 2 aromatic rings. The van der Waals surface area contributed by atoms with Gasteiger partial charge in [0.1, 0.15) is 17.6 Å². The summed E-state index contributed by atoms with van der Waals surface area (Å²) in [6.07, 6.45) is 4.66. The standard InChI is InChI=1S/C22H22N4O4/c23-8-16-6-14(3-4-20(16)28)21(29)26-12-18(13-26)15-2-1-5-25(11-15)22(30)17-7-19(27)10-24-9-17/h3-4,6-7,9-10,15,18,27-28H,1-2,5,11-13H2.